The minimum atomic E-state index is -1.07. The molecule has 26 heavy (non-hydrogen) atoms. The molecule has 1 fully saturated rings. The largest absolute Gasteiger partial charge is 0.479 e. The second-order valence-electron chi connectivity index (χ2n) is 6.23. The molecule has 8 heteroatoms. The quantitative estimate of drug-likeness (QED) is 0.884. The van der Waals surface area contributed by atoms with Crippen LogP contribution in [0.1, 0.15) is 29.9 Å². The van der Waals surface area contributed by atoms with Crippen LogP contribution in [-0.2, 0) is 16.0 Å². The molecule has 1 aliphatic rings. The molecule has 1 saturated heterocycles. The van der Waals surface area contributed by atoms with Crippen molar-refractivity contribution in [3.63, 3.8) is 0 Å². The predicted octanol–water partition coefficient (Wildman–Crippen LogP) is 2.40. The van der Waals surface area contributed by atoms with Gasteiger partial charge in [-0.1, -0.05) is 24.6 Å². The number of amides is 1. The van der Waals surface area contributed by atoms with Gasteiger partial charge >= 0.3 is 5.97 Å². The van der Waals surface area contributed by atoms with Crippen molar-refractivity contribution in [3.05, 3.63) is 46.7 Å². The summed E-state index contributed by atoms with van der Waals surface area (Å²) >= 11 is 6.06. The number of carbonyl (C=O) groups excluding carboxylic acids is 1. The number of hydrogen-bond donors (Lipinski definition) is 1. The van der Waals surface area contributed by atoms with Gasteiger partial charge in [0.05, 0.1) is 35.8 Å². The fourth-order valence-corrected chi connectivity index (χ4v) is 3.33. The standard InChI is InChI=1S/C18H20ClN3O4/c1-3-15-14(8-20-22(15)13-6-4-5-12(19)7-13)17(23)21-9-11(2)26-16(10-21)18(24)25/h4-8,11,16H,3,9-10H2,1-2H3,(H,24,25)/t11-,16?/m1/s1. The molecule has 1 aromatic carbocycles. The molecule has 1 N–H and O–H groups in total. The summed E-state index contributed by atoms with van der Waals surface area (Å²) < 4.78 is 7.07. The highest BCUT2D eigenvalue weighted by Crippen LogP contribution is 2.22. The highest BCUT2D eigenvalue weighted by molar-refractivity contribution is 6.30. The normalized spacial score (nSPS) is 20.2. The molecule has 2 aromatic rings. The molecule has 2 atom stereocenters. The number of benzene rings is 1. The minimum absolute atomic E-state index is 0.0179. The highest BCUT2D eigenvalue weighted by atomic mass is 35.5. The Morgan fingerprint density at radius 3 is 2.81 bits per heavy atom. The Morgan fingerprint density at radius 2 is 2.15 bits per heavy atom. The fraction of sp³-hybridized carbons (Fsp3) is 0.389. The van der Waals surface area contributed by atoms with Gasteiger partial charge in [-0.2, -0.15) is 5.10 Å². The Bertz CT molecular complexity index is 836. The van der Waals surface area contributed by atoms with E-state index in [9.17, 15) is 14.7 Å². The van der Waals surface area contributed by atoms with Gasteiger partial charge in [0, 0.05) is 11.6 Å². The molecule has 0 radical (unpaired) electrons. The van der Waals surface area contributed by atoms with Crippen LogP contribution in [0.4, 0.5) is 0 Å². The molecule has 0 bridgehead atoms. The number of morpholine rings is 1. The summed E-state index contributed by atoms with van der Waals surface area (Å²) in [5.41, 5.74) is 1.99. The molecular weight excluding hydrogens is 358 g/mol. The first-order valence-corrected chi connectivity index (χ1v) is 8.78. The van der Waals surface area contributed by atoms with E-state index in [1.54, 1.807) is 23.7 Å². The molecule has 3 rings (SSSR count). The van der Waals surface area contributed by atoms with Gasteiger partial charge in [-0.3, -0.25) is 4.79 Å². The van der Waals surface area contributed by atoms with Crippen LogP contribution in [0.3, 0.4) is 0 Å². The monoisotopic (exact) mass is 377 g/mol. The molecule has 2 heterocycles. The maximum Gasteiger partial charge on any atom is 0.334 e. The number of ether oxygens (including phenoxy) is 1. The molecule has 1 amide bonds. The smallest absolute Gasteiger partial charge is 0.334 e. The van der Waals surface area contributed by atoms with Crippen LogP contribution >= 0.6 is 11.6 Å². The number of carbonyl (C=O) groups is 2. The average molecular weight is 378 g/mol. The average Bonchev–Trinajstić information content (AvgIpc) is 3.04. The number of hydrogen-bond acceptors (Lipinski definition) is 4. The Labute approximate surface area is 156 Å². The summed E-state index contributed by atoms with van der Waals surface area (Å²) in [6, 6.07) is 7.23. The summed E-state index contributed by atoms with van der Waals surface area (Å²) in [6.45, 7) is 4.06. The van der Waals surface area contributed by atoms with Gasteiger partial charge in [-0.25, -0.2) is 9.48 Å². The van der Waals surface area contributed by atoms with Crippen LogP contribution in [0.25, 0.3) is 5.69 Å². The second-order valence-corrected chi connectivity index (χ2v) is 6.67. The van der Waals surface area contributed by atoms with Crippen molar-refractivity contribution in [2.24, 2.45) is 0 Å². The molecule has 1 aromatic heterocycles. The van der Waals surface area contributed by atoms with E-state index in [4.69, 9.17) is 16.3 Å². The zero-order valence-corrected chi connectivity index (χ0v) is 15.3. The topological polar surface area (TPSA) is 84.7 Å². The molecule has 138 valence electrons. The maximum atomic E-state index is 13.0. The molecule has 7 nitrogen and oxygen atoms in total. The number of aliphatic carboxylic acids is 1. The summed E-state index contributed by atoms with van der Waals surface area (Å²) in [5.74, 6) is -1.31. The summed E-state index contributed by atoms with van der Waals surface area (Å²) in [6.07, 6.45) is 0.756. The Balaban J connectivity index is 1.92. The van der Waals surface area contributed by atoms with Crippen LogP contribution in [0, 0.1) is 0 Å². The van der Waals surface area contributed by atoms with Crippen molar-refractivity contribution in [2.75, 3.05) is 13.1 Å². The minimum Gasteiger partial charge on any atom is -0.479 e. The van der Waals surface area contributed by atoms with Gasteiger partial charge in [0.15, 0.2) is 6.10 Å². The molecular formula is C18H20ClN3O4. The predicted molar refractivity (Wildman–Crippen MR) is 95.8 cm³/mol. The van der Waals surface area contributed by atoms with Crippen molar-refractivity contribution >= 4 is 23.5 Å². The third-order valence-corrected chi connectivity index (χ3v) is 4.54. The lowest BCUT2D eigenvalue weighted by Crippen LogP contribution is -2.51. The van der Waals surface area contributed by atoms with E-state index < -0.39 is 12.1 Å². The molecule has 0 aliphatic carbocycles. The number of carboxylic acids is 1. The molecule has 1 aliphatic heterocycles. The van der Waals surface area contributed by atoms with Gasteiger partial charge in [-0.05, 0) is 31.5 Å². The van der Waals surface area contributed by atoms with Crippen LogP contribution in [-0.4, -0.2) is 57.0 Å². The van der Waals surface area contributed by atoms with Gasteiger partial charge in [0.2, 0.25) is 0 Å². The molecule has 0 spiro atoms. The Hall–Kier alpha value is -2.38. The summed E-state index contributed by atoms with van der Waals surface area (Å²) in [5, 5.41) is 14.1. The van der Waals surface area contributed by atoms with Gasteiger partial charge in [0.1, 0.15) is 0 Å². The van der Waals surface area contributed by atoms with Crippen LogP contribution < -0.4 is 0 Å². The maximum absolute atomic E-state index is 13.0. The van der Waals surface area contributed by atoms with E-state index in [2.05, 4.69) is 5.10 Å². The first-order valence-electron chi connectivity index (χ1n) is 8.41. The van der Waals surface area contributed by atoms with E-state index in [1.165, 1.54) is 11.1 Å². The van der Waals surface area contributed by atoms with Crippen LogP contribution in [0.2, 0.25) is 5.02 Å². The Kier molecular flexibility index (Phi) is 5.29. The second kappa shape index (κ2) is 7.47. The van der Waals surface area contributed by atoms with E-state index in [0.717, 1.165) is 11.4 Å². The van der Waals surface area contributed by atoms with Crippen LogP contribution in [0.15, 0.2) is 30.5 Å². The number of halogens is 1. The van der Waals surface area contributed by atoms with Gasteiger partial charge < -0.3 is 14.7 Å². The SMILES string of the molecule is CCc1c(C(=O)N2CC(C(=O)O)O[C@H](C)C2)cnn1-c1cccc(Cl)c1. The van der Waals surface area contributed by atoms with E-state index in [-0.39, 0.29) is 18.6 Å². The molecule has 1 unspecified atom stereocenters. The fourth-order valence-electron chi connectivity index (χ4n) is 3.15. The summed E-state index contributed by atoms with van der Waals surface area (Å²) in [4.78, 5) is 25.8. The molecule has 0 saturated carbocycles. The van der Waals surface area contributed by atoms with E-state index in [0.29, 0.717) is 23.6 Å². The third kappa shape index (κ3) is 3.59. The first-order chi connectivity index (χ1) is 12.4. The van der Waals surface area contributed by atoms with Crippen LogP contribution in [0.5, 0.6) is 0 Å². The zero-order chi connectivity index (χ0) is 18.8. The lowest BCUT2D eigenvalue weighted by atomic mass is 10.1. The number of carboxylic acid groups (broad SMARTS) is 1. The Morgan fingerprint density at radius 1 is 1.38 bits per heavy atom. The van der Waals surface area contributed by atoms with E-state index in [1.807, 2.05) is 19.1 Å². The van der Waals surface area contributed by atoms with Gasteiger partial charge in [0.25, 0.3) is 5.91 Å². The van der Waals surface area contributed by atoms with Crippen molar-refractivity contribution in [1.29, 1.82) is 0 Å². The number of rotatable bonds is 4. The number of nitrogens with zero attached hydrogens (tertiary/aromatic N) is 3. The highest BCUT2D eigenvalue weighted by Gasteiger charge is 2.34. The van der Waals surface area contributed by atoms with E-state index >= 15 is 0 Å². The first kappa shape index (κ1) is 18.4. The van der Waals surface area contributed by atoms with Gasteiger partial charge in [-0.15, -0.1) is 0 Å². The number of aromatic nitrogens is 2. The lowest BCUT2D eigenvalue weighted by Gasteiger charge is -2.34. The van der Waals surface area contributed by atoms with Crippen molar-refractivity contribution < 1.29 is 19.4 Å². The third-order valence-electron chi connectivity index (χ3n) is 4.31. The lowest BCUT2D eigenvalue weighted by molar-refractivity contribution is -0.160. The zero-order valence-electron chi connectivity index (χ0n) is 14.6. The van der Waals surface area contributed by atoms with Crippen molar-refractivity contribution in [3.8, 4) is 5.69 Å². The van der Waals surface area contributed by atoms with Crippen molar-refractivity contribution in [2.45, 2.75) is 32.5 Å². The van der Waals surface area contributed by atoms with Crippen molar-refractivity contribution in [1.82, 2.24) is 14.7 Å². The summed E-state index contributed by atoms with van der Waals surface area (Å²) in [7, 11) is 0.